The Morgan fingerprint density at radius 1 is 1.37 bits per heavy atom. The number of H-pyrrole nitrogens is 1. The number of hydrogen-bond acceptors (Lipinski definition) is 4. The zero-order chi connectivity index (χ0) is 14.2. The summed E-state index contributed by atoms with van der Waals surface area (Å²) in [5.74, 6) is -0.664. The van der Waals surface area contributed by atoms with Crippen LogP contribution in [0, 0.1) is 0 Å². The molecule has 1 aromatic heterocycles. The highest BCUT2D eigenvalue weighted by atomic mass is 19.4. The van der Waals surface area contributed by atoms with E-state index in [1.54, 1.807) is 0 Å². The van der Waals surface area contributed by atoms with Crippen LogP contribution in [-0.2, 0) is 10.9 Å². The van der Waals surface area contributed by atoms with E-state index in [1.807, 2.05) is 4.98 Å². The number of hydrogen-bond donors (Lipinski definition) is 1. The van der Waals surface area contributed by atoms with Crippen molar-refractivity contribution >= 4 is 17.0 Å². The largest absolute Gasteiger partial charge is 0.465 e. The lowest BCUT2D eigenvalue weighted by Gasteiger charge is -2.06. The summed E-state index contributed by atoms with van der Waals surface area (Å²) in [6.07, 6.45) is -4.83. The van der Waals surface area contributed by atoms with Crippen LogP contribution in [0.3, 0.4) is 0 Å². The molecule has 1 aromatic carbocycles. The highest BCUT2D eigenvalue weighted by Gasteiger charge is 2.36. The van der Waals surface area contributed by atoms with Crippen LogP contribution in [0.15, 0.2) is 23.0 Å². The first-order chi connectivity index (χ1) is 8.82. The Labute approximate surface area is 104 Å². The van der Waals surface area contributed by atoms with E-state index in [9.17, 15) is 22.8 Å². The summed E-state index contributed by atoms with van der Waals surface area (Å²) in [6, 6.07) is 3.67. The molecule has 0 saturated heterocycles. The summed E-state index contributed by atoms with van der Waals surface area (Å²) >= 11 is 0. The predicted octanol–water partition coefficient (Wildman–Crippen LogP) is 1.73. The van der Waals surface area contributed by atoms with Crippen LogP contribution in [0.2, 0.25) is 0 Å². The van der Waals surface area contributed by atoms with Gasteiger partial charge in [0.05, 0.1) is 23.7 Å². The molecular formula is C11H7F3N2O3. The zero-order valence-corrected chi connectivity index (χ0v) is 9.54. The van der Waals surface area contributed by atoms with E-state index in [0.29, 0.717) is 0 Å². The SMILES string of the molecule is COC(=O)c1ccc2nc(C(F)(F)F)c(=O)[nH]c2c1. The second kappa shape index (κ2) is 4.38. The van der Waals surface area contributed by atoms with E-state index >= 15 is 0 Å². The van der Waals surface area contributed by atoms with Crippen LogP contribution in [0.25, 0.3) is 11.0 Å². The first-order valence-corrected chi connectivity index (χ1v) is 5.02. The number of nitrogens with one attached hydrogen (secondary N) is 1. The Balaban J connectivity index is 2.65. The summed E-state index contributed by atoms with van der Waals surface area (Å²) < 4.78 is 41.9. The number of methoxy groups -OCH3 is 1. The molecule has 19 heavy (non-hydrogen) atoms. The number of benzene rings is 1. The molecule has 0 aliphatic rings. The smallest absolute Gasteiger partial charge is 0.438 e. The maximum Gasteiger partial charge on any atom is 0.438 e. The quantitative estimate of drug-likeness (QED) is 0.802. The van der Waals surface area contributed by atoms with Crippen LogP contribution < -0.4 is 5.56 Å². The Morgan fingerprint density at radius 2 is 2.05 bits per heavy atom. The molecule has 1 heterocycles. The number of halogens is 3. The summed E-state index contributed by atoms with van der Waals surface area (Å²) in [6.45, 7) is 0. The number of carbonyl (C=O) groups excluding carboxylic acids is 1. The molecule has 0 unspecified atom stereocenters. The van der Waals surface area contributed by atoms with Gasteiger partial charge < -0.3 is 9.72 Å². The minimum atomic E-state index is -4.83. The Kier molecular flexibility index (Phi) is 3.01. The fourth-order valence-corrected chi connectivity index (χ4v) is 1.52. The van der Waals surface area contributed by atoms with E-state index in [1.165, 1.54) is 25.3 Å². The molecule has 100 valence electrons. The van der Waals surface area contributed by atoms with Gasteiger partial charge >= 0.3 is 12.1 Å². The number of aromatic amines is 1. The molecular weight excluding hydrogens is 265 g/mol. The van der Waals surface area contributed by atoms with E-state index < -0.39 is 23.4 Å². The molecule has 0 amide bonds. The molecule has 0 bridgehead atoms. The van der Waals surface area contributed by atoms with Gasteiger partial charge in [0.1, 0.15) is 0 Å². The predicted molar refractivity (Wildman–Crippen MR) is 58.7 cm³/mol. The number of fused-ring (bicyclic) bond motifs is 1. The minimum absolute atomic E-state index is 0.0286. The molecule has 0 fully saturated rings. The van der Waals surface area contributed by atoms with Crippen molar-refractivity contribution in [3.8, 4) is 0 Å². The summed E-state index contributed by atoms with van der Waals surface area (Å²) in [4.78, 5) is 27.8. The Hall–Kier alpha value is -2.38. The maximum absolute atomic E-state index is 12.5. The molecule has 0 aliphatic heterocycles. The van der Waals surface area contributed by atoms with Gasteiger partial charge in [-0.2, -0.15) is 13.2 Å². The van der Waals surface area contributed by atoms with Crippen molar-refractivity contribution in [2.75, 3.05) is 7.11 Å². The van der Waals surface area contributed by atoms with Crippen LogP contribution >= 0.6 is 0 Å². The number of alkyl halides is 3. The van der Waals surface area contributed by atoms with Gasteiger partial charge in [0.15, 0.2) is 0 Å². The van der Waals surface area contributed by atoms with E-state index in [4.69, 9.17) is 0 Å². The Bertz CT molecular complexity index is 706. The van der Waals surface area contributed by atoms with Crippen molar-refractivity contribution in [1.29, 1.82) is 0 Å². The number of rotatable bonds is 1. The van der Waals surface area contributed by atoms with Gasteiger partial charge in [-0.05, 0) is 18.2 Å². The zero-order valence-electron chi connectivity index (χ0n) is 9.54. The number of ether oxygens (including phenoxy) is 1. The lowest BCUT2D eigenvalue weighted by molar-refractivity contribution is -0.142. The molecule has 2 aromatic rings. The molecule has 0 spiro atoms. The van der Waals surface area contributed by atoms with Crippen molar-refractivity contribution in [3.05, 3.63) is 39.8 Å². The number of nitrogens with zero attached hydrogens (tertiary/aromatic N) is 1. The molecule has 5 nitrogen and oxygen atoms in total. The average molecular weight is 272 g/mol. The van der Waals surface area contributed by atoms with Crippen molar-refractivity contribution in [3.63, 3.8) is 0 Å². The summed E-state index contributed by atoms with van der Waals surface area (Å²) in [5.41, 5.74) is -2.82. The molecule has 0 atom stereocenters. The van der Waals surface area contributed by atoms with Gasteiger partial charge in [-0.15, -0.1) is 0 Å². The van der Waals surface area contributed by atoms with Gasteiger partial charge in [-0.25, -0.2) is 9.78 Å². The van der Waals surface area contributed by atoms with Gasteiger partial charge in [0.2, 0.25) is 5.69 Å². The van der Waals surface area contributed by atoms with E-state index in [0.717, 1.165) is 0 Å². The highest BCUT2D eigenvalue weighted by Crippen LogP contribution is 2.25. The maximum atomic E-state index is 12.5. The monoisotopic (exact) mass is 272 g/mol. The second-order valence-corrected chi connectivity index (χ2v) is 3.64. The van der Waals surface area contributed by atoms with Crippen molar-refractivity contribution in [2.45, 2.75) is 6.18 Å². The third kappa shape index (κ3) is 2.42. The summed E-state index contributed by atoms with van der Waals surface area (Å²) in [7, 11) is 1.17. The van der Waals surface area contributed by atoms with Crippen LogP contribution in [-0.4, -0.2) is 23.0 Å². The van der Waals surface area contributed by atoms with E-state index in [-0.39, 0.29) is 16.6 Å². The first kappa shape index (κ1) is 13.1. The lowest BCUT2D eigenvalue weighted by atomic mass is 10.2. The van der Waals surface area contributed by atoms with Crippen molar-refractivity contribution in [1.82, 2.24) is 9.97 Å². The fourth-order valence-electron chi connectivity index (χ4n) is 1.52. The van der Waals surface area contributed by atoms with Gasteiger partial charge in [0.25, 0.3) is 5.56 Å². The first-order valence-electron chi connectivity index (χ1n) is 5.02. The number of carbonyl (C=O) groups is 1. The standard InChI is InChI=1S/C11H7F3N2O3/c1-19-10(18)5-2-3-6-7(4-5)16-9(17)8(15-6)11(12,13)14/h2-4H,1H3,(H,16,17). The van der Waals surface area contributed by atoms with Gasteiger partial charge in [-0.1, -0.05) is 0 Å². The van der Waals surface area contributed by atoms with E-state index in [2.05, 4.69) is 9.72 Å². The molecule has 8 heteroatoms. The third-order valence-electron chi connectivity index (χ3n) is 2.38. The second-order valence-electron chi connectivity index (χ2n) is 3.64. The van der Waals surface area contributed by atoms with Crippen LogP contribution in [0.4, 0.5) is 13.2 Å². The lowest BCUT2D eigenvalue weighted by Crippen LogP contribution is -2.23. The highest BCUT2D eigenvalue weighted by molar-refractivity contribution is 5.93. The number of aromatic nitrogens is 2. The minimum Gasteiger partial charge on any atom is -0.465 e. The number of esters is 1. The topological polar surface area (TPSA) is 72.0 Å². The normalized spacial score (nSPS) is 11.6. The van der Waals surface area contributed by atoms with Crippen LogP contribution in [0.1, 0.15) is 16.1 Å². The summed E-state index contributed by atoms with van der Waals surface area (Å²) in [5, 5.41) is 0. The molecule has 2 rings (SSSR count). The third-order valence-corrected chi connectivity index (χ3v) is 2.38. The van der Waals surface area contributed by atoms with Crippen LogP contribution in [0.5, 0.6) is 0 Å². The molecule has 0 radical (unpaired) electrons. The fraction of sp³-hybridized carbons (Fsp3) is 0.182. The average Bonchev–Trinajstić information content (AvgIpc) is 2.35. The van der Waals surface area contributed by atoms with Gasteiger partial charge in [-0.3, -0.25) is 4.79 Å². The molecule has 0 saturated carbocycles. The molecule has 1 N–H and O–H groups in total. The van der Waals surface area contributed by atoms with Gasteiger partial charge in [0, 0.05) is 0 Å². The molecule has 0 aliphatic carbocycles. The Morgan fingerprint density at radius 3 is 2.63 bits per heavy atom. The van der Waals surface area contributed by atoms with Crippen molar-refractivity contribution in [2.24, 2.45) is 0 Å². The van der Waals surface area contributed by atoms with Crippen molar-refractivity contribution < 1.29 is 22.7 Å².